The number of rotatable bonds is 3. The van der Waals surface area contributed by atoms with Gasteiger partial charge < -0.3 is 10.2 Å². The number of thiophene rings is 1. The molecular weight excluding hydrogens is 336 g/mol. The number of hydrogen-bond donors (Lipinski definition) is 1. The molecule has 1 aromatic rings. The number of hydrogen-bond acceptors (Lipinski definition) is 3. The van der Waals surface area contributed by atoms with Crippen molar-refractivity contribution < 1.29 is 4.79 Å². The quantitative estimate of drug-likeness (QED) is 0.906. The molecule has 18 heavy (non-hydrogen) atoms. The number of amides is 1. The molecule has 1 fully saturated rings. The molecule has 0 bridgehead atoms. The highest BCUT2D eigenvalue weighted by Gasteiger charge is 2.23. The van der Waals surface area contributed by atoms with E-state index in [1.165, 1.54) is 11.3 Å². The fourth-order valence-corrected chi connectivity index (χ4v) is 3.58. The molecule has 1 aromatic heterocycles. The van der Waals surface area contributed by atoms with Gasteiger partial charge in [-0.05, 0) is 41.4 Å². The number of likely N-dealkylation sites (N-methyl/N-ethyl adjacent to an activating group) is 1. The summed E-state index contributed by atoms with van der Waals surface area (Å²) in [5, 5.41) is 5.34. The second kappa shape index (κ2) is 7.48. The van der Waals surface area contributed by atoms with E-state index in [1.54, 1.807) is 11.3 Å². The van der Waals surface area contributed by atoms with E-state index in [4.69, 9.17) is 0 Å². The first-order valence-electron chi connectivity index (χ1n) is 5.88. The summed E-state index contributed by atoms with van der Waals surface area (Å²) in [4.78, 5) is 15.2. The third-order valence-electron chi connectivity index (χ3n) is 3.00. The molecule has 3 nitrogen and oxygen atoms in total. The van der Waals surface area contributed by atoms with Gasteiger partial charge in [0.25, 0.3) is 0 Å². The van der Waals surface area contributed by atoms with Gasteiger partial charge in [-0.2, -0.15) is 0 Å². The van der Waals surface area contributed by atoms with Gasteiger partial charge in [0.15, 0.2) is 0 Å². The first-order chi connectivity index (χ1) is 8.16. The maximum absolute atomic E-state index is 12.2. The van der Waals surface area contributed by atoms with Gasteiger partial charge in [0, 0.05) is 21.8 Å². The summed E-state index contributed by atoms with van der Waals surface area (Å²) in [5.74, 6) is 0.217. The minimum atomic E-state index is 0. The topological polar surface area (TPSA) is 32.3 Å². The van der Waals surface area contributed by atoms with Crippen molar-refractivity contribution in [3.8, 4) is 0 Å². The minimum Gasteiger partial charge on any atom is -0.339 e. The van der Waals surface area contributed by atoms with Crippen LogP contribution in [-0.2, 0) is 11.3 Å². The molecule has 2 rings (SSSR count). The van der Waals surface area contributed by atoms with Gasteiger partial charge >= 0.3 is 0 Å². The maximum atomic E-state index is 12.2. The third-order valence-corrected chi connectivity index (χ3v) is 4.68. The highest BCUT2D eigenvalue weighted by molar-refractivity contribution is 9.10. The number of piperidine rings is 1. The summed E-state index contributed by atoms with van der Waals surface area (Å²) in [6, 6.07) is 2.10. The predicted octanol–water partition coefficient (Wildman–Crippen LogP) is 3.03. The SMILES string of the molecule is CN(Cc1cc(Br)cs1)C(=O)C1CCCCN1.Cl. The van der Waals surface area contributed by atoms with Gasteiger partial charge in [-0.25, -0.2) is 0 Å². The van der Waals surface area contributed by atoms with Crippen molar-refractivity contribution in [3.63, 3.8) is 0 Å². The van der Waals surface area contributed by atoms with Crippen LogP contribution in [0.2, 0.25) is 0 Å². The zero-order chi connectivity index (χ0) is 12.3. The second-order valence-electron chi connectivity index (χ2n) is 4.43. The van der Waals surface area contributed by atoms with Crippen molar-refractivity contribution >= 4 is 45.6 Å². The summed E-state index contributed by atoms with van der Waals surface area (Å²) in [5.41, 5.74) is 0. The molecule has 1 amide bonds. The standard InChI is InChI=1S/C12H17BrN2OS.ClH/c1-15(7-10-6-9(13)8-17-10)12(16)11-4-2-3-5-14-11;/h6,8,11,14H,2-5,7H2,1H3;1H. The van der Waals surface area contributed by atoms with Crippen LogP contribution in [0.5, 0.6) is 0 Å². The fourth-order valence-electron chi connectivity index (χ4n) is 2.08. The van der Waals surface area contributed by atoms with Crippen molar-refractivity contribution in [2.75, 3.05) is 13.6 Å². The molecule has 6 heteroatoms. The lowest BCUT2D eigenvalue weighted by molar-refractivity contribution is -0.133. The molecule has 102 valence electrons. The van der Waals surface area contributed by atoms with Crippen LogP contribution >= 0.6 is 39.7 Å². The predicted molar refractivity (Wildman–Crippen MR) is 81.4 cm³/mol. The van der Waals surface area contributed by atoms with Gasteiger partial charge in [-0.1, -0.05) is 6.42 Å². The average Bonchev–Trinajstić information content (AvgIpc) is 2.75. The normalized spacial score (nSPS) is 19.1. The van der Waals surface area contributed by atoms with Crippen LogP contribution in [0.15, 0.2) is 15.9 Å². The van der Waals surface area contributed by atoms with Gasteiger partial charge in [0.05, 0.1) is 12.6 Å². The summed E-state index contributed by atoms with van der Waals surface area (Å²) in [6.45, 7) is 1.67. The van der Waals surface area contributed by atoms with E-state index in [0.717, 1.165) is 23.9 Å². The van der Waals surface area contributed by atoms with Crippen molar-refractivity contribution in [2.24, 2.45) is 0 Å². The lowest BCUT2D eigenvalue weighted by Crippen LogP contribution is -2.46. The molecule has 1 aliphatic rings. The Morgan fingerprint density at radius 3 is 2.94 bits per heavy atom. The maximum Gasteiger partial charge on any atom is 0.239 e. The molecule has 0 saturated carbocycles. The first kappa shape index (κ1) is 16.0. The van der Waals surface area contributed by atoms with E-state index < -0.39 is 0 Å². The average molecular weight is 354 g/mol. The number of carbonyl (C=O) groups excluding carboxylic acids is 1. The molecule has 1 N–H and O–H groups in total. The Kier molecular flexibility index (Phi) is 6.63. The Morgan fingerprint density at radius 1 is 1.61 bits per heavy atom. The van der Waals surface area contributed by atoms with Gasteiger partial charge in [0.2, 0.25) is 5.91 Å². The molecule has 0 aromatic carbocycles. The van der Waals surface area contributed by atoms with E-state index in [1.807, 2.05) is 17.3 Å². The highest BCUT2D eigenvalue weighted by atomic mass is 79.9. The van der Waals surface area contributed by atoms with Crippen LogP contribution in [0.1, 0.15) is 24.1 Å². The molecule has 1 atom stereocenters. The van der Waals surface area contributed by atoms with E-state index in [0.29, 0.717) is 6.54 Å². The molecule has 2 heterocycles. The van der Waals surface area contributed by atoms with Gasteiger partial charge in [-0.15, -0.1) is 23.7 Å². The van der Waals surface area contributed by atoms with Crippen molar-refractivity contribution in [1.29, 1.82) is 0 Å². The van der Waals surface area contributed by atoms with Gasteiger partial charge in [0.1, 0.15) is 0 Å². The zero-order valence-corrected chi connectivity index (χ0v) is 13.5. The molecule has 0 aliphatic carbocycles. The van der Waals surface area contributed by atoms with Crippen LogP contribution in [0.4, 0.5) is 0 Å². The van der Waals surface area contributed by atoms with E-state index >= 15 is 0 Å². The first-order valence-corrected chi connectivity index (χ1v) is 7.55. The number of halogens is 2. The van der Waals surface area contributed by atoms with E-state index in [-0.39, 0.29) is 24.4 Å². The van der Waals surface area contributed by atoms with Crippen LogP contribution in [0, 0.1) is 0 Å². The van der Waals surface area contributed by atoms with Crippen molar-refractivity contribution in [1.82, 2.24) is 10.2 Å². The van der Waals surface area contributed by atoms with Crippen molar-refractivity contribution in [2.45, 2.75) is 31.8 Å². The highest BCUT2D eigenvalue weighted by Crippen LogP contribution is 2.21. The lowest BCUT2D eigenvalue weighted by Gasteiger charge is -2.27. The number of carbonyl (C=O) groups is 1. The van der Waals surface area contributed by atoms with Crippen LogP contribution in [0.25, 0.3) is 0 Å². The Balaban J connectivity index is 0.00000162. The largest absolute Gasteiger partial charge is 0.339 e. The van der Waals surface area contributed by atoms with E-state index in [2.05, 4.69) is 27.3 Å². The van der Waals surface area contributed by atoms with Crippen LogP contribution < -0.4 is 5.32 Å². The molecule has 1 saturated heterocycles. The number of nitrogens with one attached hydrogen (secondary N) is 1. The Labute approximate surface area is 126 Å². The summed E-state index contributed by atoms with van der Waals surface area (Å²) >= 11 is 5.11. The summed E-state index contributed by atoms with van der Waals surface area (Å²) in [6.07, 6.45) is 3.31. The summed E-state index contributed by atoms with van der Waals surface area (Å²) < 4.78 is 1.09. The molecular formula is C12H18BrClN2OS. The summed E-state index contributed by atoms with van der Waals surface area (Å²) in [7, 11) is 1.88. The lowest BCUT2D eigenvalue weighted by atomic mass is 10.0. The third kappa shape index (κ3) is 4.23. The zero-order valence-electron chi connectivity index (χ0n) is 10.3. The van der Waals surface area contributed by atoms with Crippen LogP contribution in [0.3, 0.4) is 0 Å². The molecule has 1 aliphatic heterocycles. The second-order valence-corrected chi connectivity index (χ2v) is 6.34. The molecule has 0 radical (unpaired) electrons. The smallest absolute Gasteiger partial charge is 0.239 e. The van der Waals surface area contributed by atoms with E-state index in [9.17, 15) is 4.79 Å². The fraction of sp³-hybridized carbons (Fsp3) is 0.583. The van der Waals surface area contributed by atoms with Crippen LogP contribution in [-0.4, -0.2) is 30.4 Å². The number of nitrogens with zero attached hydrogens (tertiary/aromatic N) is 1. The Morgan fingerprint density at radius 2 is 2.39 bits per heavy atom. The molecule has 1 unspecified atom stereocenters. The Bertz CT molecular complexity index is 393. The Hall–Kier alpha value is -0.100. The monoisotopic (exact) mass is 352 g/mol. The minimum absolute atomic E-state index is 0. The van der Waals surface area contributed by atoms with Gasteiger partial charge in [-0.3, -0.25) is 4.79 Å². The van der Waals surface area contributed by atoms with Crippen molar-refractivity contribution in [3.05, 3.63) is 20.8 Å². The molecule has 0 spiro atoms.